The van der Waals surface area contributed by atoms with Gasteiger partial charge in [-0.2, -0.15) is 0 Å². The molecule has 0 radical (unpaired) electrons. The number of rotatable bonds is 3. The monoisotopic (exact) mass is 291 g/mol. The van der Waals surface area contributed by atoms with Crippen molar-refractivity contribution in [2.45, 2.75) is 13.5 Å². The van der Waals surface area contributed by atoms with Gasteiger partial charge in [0.1, 0.15) is 12.4 Å². The van der Waals surface area contributed by atoms with Gasteiger partial charge in [-0.15, -0.1) is 0 Å². The zero-order valence-electron chi connectivity index (χ0n) is 9.61. The summed E-state index contributed by atoms with van der Waals surface area (Å²) in [6.07, 6.45) is 0. The average molecular weight is 292 g/mol. The highest BCUT2D eigenvalue weighted by Gasteiger charge is 2.01. The predicted octanol–water partition coefficient (Wildman–Crippen LogP) is 3.92. The summed E-state index contributed by atoms with van der Waals surface area (Å²) >= 11 is 3.49. The van der Waals surface area contributed by atoms with Gasteiger partial charge in [0.05, 0.1) is 4.47 Å². The number of benzene rings is 2. The van der Waals surface area contributed by atoms with E-state index in [1.54, 1.807) is 0 Å². The molecule has 2 aromatic rings. The maximum Gasteiger partial charge on any atom is 0.134 e. The van der Waals surface area contributed by atoms with Gasteiger partial charge in [0.25, 0.3) is 0 Å². The minimum atomic E-state index is 0.521. The maximum absolute atomic E-state index is 5.73. The van der Waals surface area contributed by atoms with Crippen LogP contribution in [-0.2, 0) is 6.61 Å². The van der Waals surface area contributed by atoms with Crippen LogP contribution in [0.3, 0.4) is 0 Å². The number of hydrogen-bond donors (Lipinski definition) is 1. The van der Waals surface area contributed by atoms with Crippen LogP contribution in [0, 0.1) is 6.92 Å². The quantitative estimate of drug-likeness (QED) is 0.870. The number of halogens is 1. The summed E-state index contributed by atoms with van der Waals surface area (Å²) in [5, 5.41) is 0. The molecule has 0 spiro atoms. The van der Waals surface area contributed by atoms with Gasteiger partial charge in [-0.05, 0) is 58.2 Å². The van der Waals surface area contributed by atoms with Crippen LogP contribution < -0.4 is 10.5 Å². The molecule has 0 bridgehead atoms. The number of nitrogens with two attached hydrogens (primary N) is 1. The third-order valence-electron chi connectivity index (χ3n) is 2.43. The van der Waals surface area contributed by atoms with Crippen molar-refractivity contribution in [3.63, 3.8) is 0 Å². The number of hydrogen-bond acceptors (Lipinski definition) is 2. The van der Waals surface area contributed by atoms with E-state index < -0.39 is 0 Å². The number of anilines is 1. The van der Waals surface area contributed by atoms with Crippen LogP contribution in [0.4, 0.5) is 5.69 Å². The van der Waals surface area contributed by atoms with Crippen LogP contribution in [0.5, 0.6) is 5.75 Å². The van der Waals surface area contributed by atoms with E-state index in [9.17, 15) is 0 Å². The molecule has 0 aliphatic carbocycles. The third kappa shape index (κ3) is 3.24. The van der Waals surface area contributed by atoms with Crippen molar-refractivity contribution in [2.75, 3.05) is 5.73 Å². The lowest BCUT2D eigenvalue weighted by molar-refractivity contribution is 0.304. The van der Waals surface area contributed by atoms with Gasteiger partial charge in [0.15, 0.2) is 0 Å². The first kappa shape index (κ1) is 12.0. The molecular weight excluding hydrogens is 278 g/mol. The summed E-state index contributed by atoms with van der Waals surface area (Å²) in [7, 11) is 0. The molecule has 0 atom stereocenters. The lowest BCUT2D eigenvalue weighted by Gasteiger charge is -2.09. The van der Waals surface area contributed by atoms with Crippen LogP contribution in [0.25, 0.3) is 0 Å². The van der Waals surface area contributed by atoms with Crippen LogP contribution in [0.2, 0.25) is 0 Å². The summed E-state index contributed by atoms with van der Waals surface area (Å²) in [5.41, 5.74) is 8.74. The molecule has 2 rings (SSSR count). The van der Waals surface area contributed by atoms with E-state index in [0.717, 1.165) is 21.5 Å². The van der Waals surface area contributed by atoms with E-state index in [4.69, 9.17) is 10.5 Å². The van der Waals surface area contributed by atoms with E-state index in [-0.39, 0.29) is 0 Å². The standard InChI is InChI=1S/C14H14BrNO/c1-10-5-6-14(13(15)7-10)17-9-11-3-2-4-12(16)8-11/h2-8H,9,16H2,1H3. The Morgan fingerprint density at radius 2 is 2.00 bits per heavy atom. The molecule has 2 N–H and O–H groups in total. The molecule has 0 fully saturated rings. The van der Waals surface area contributed by atoms with Crippen molar-refractivity contribution in [2.24, 2.45) is 0 Å². The van der Waals surface area contributed by atoms with Gasteiger partial charge in [-0.3, -0.25) is 0 Å². The number of ether oxygens (including phenoxy) is 1. The second-order valence-electron chi connectivity index (χ2n) is 3.97. The Kier molecular flexibility index (Phi) is 3.69. The molecule has 3 heteroatoms. The van der Waals surface area contributed by atoms with Gasteiger partial charge in [0, 0.05) is 5.69 Å². The Labute approximate surface area is 110 Å². The first-order valence-electron chi connectivity index (χ1n) is 5.38. The lowest BCUT2D eigenvalue weighted by atomic mass is 10.2. The summed E-state index contributed by atoms with van der Waals surface area (Å²) in [6.45, 7) is 2.57. The topological polar surface area (TPSA) is 35.2 Å². The van der Waals surface area contributed by atoms with Crippen LogP contribution in [0.15, 0.2) is 46.9 Å². The molecular formula is C14H14BrNO. The predicted molar refractivity (Wildman–Crippen MR) is 74.1 cm³/mol. The van der Waals surface area contributed by atoms with Crippen molar-refractivity contribution >= 4 is 21.6 Å². The molecule has 17 heavy (non-hydrogen) atoms. The molecule has 0 aromatic heterocycles. The zero-order valence-corrected chi connectivity index (χ0v) is 11.2. The fraction of sp³-hybridized carbons (Fsp3) is 0.143. The second-order valence-corrected chi connectivity index (χ2v) is 4.82. The molecule has 88 valence electrons. The van der Waals surface area contributed by atoms with Crippen molar-refractivity contribution in [1.82, 2.24) is 0 Å². The molecule has 0 amide bonds. The van der Waals surface area contributed by atoms with Crippen molar-refractivity contribution in [1.29, 1.82) is 0 Å². The van der Waals surface area contributed by atoms with E-state index in [1.165, 1.54) is 5.56 Å². The van der Waals surface area contributed by atoms with E-state index in [2.05, 4.69) is 15.9 Å². The Morgan fingerprint density at radius 3 is 2.71 bits per heavy atom. The Morgan fingerprint density at radius 1 is 1.18 bits per heavy atom. The van der Waals surface area contributed by atoms with Crippen molar-refractivity contribution < 1.29 is 4.74 Å². The average Bonchev–Trinajstić information content (AvgIpc) is 2.28. The fourth-order valence-corrected chi connectivity index (χ4v) is 2.17. The fourth-order valence-electron chi connectivity index (χ4n) is 1.57. The Hall–Kier alpha value is -1.48. The number of aryl methyl sites for hydroxylation is 1. The smallest absolute Gasteiger partial charge is 0.134 e. The van der Waals surface area contributed by atoms with E-state index in [0.29, 0.717) is 6.61 Å². The zero-order chi connectivity index (χ0) is 12.3. The summed E-state index contributed by atoms with van der Waals surface area (Å²) in [4.78, 5) is 0. The van der Waals surface area contributed by atoms with Gasteiger partial charge in [-0.25, -0.2) is 0 Å². The highest BCUT2D eigenvalue weighted by Crippen LogP contribution is 2.26. The van der Waals surface area contributed by atoms with Gasteiger partial charge in [0.2, 0.25) is 0 Å². The second kappa shape index (κ2) is 5.23. The summed E-state index contributed by atoms with van der Waals surface area (Å²) in [5.74, 6) is 0.845. The van der Waals surface area contributed by atoms with Crippen molar-refractivity contribution in [3.8, 4) is 5.75 Å². The molecule has 2 aromatic carbocycles. The minimum Gasteiger partial charge on any atom is -0.488 e. The molecule has 2 nitrogen and oxygen atoms in total. The van der Waals surface area contributed by atoms with Crippen LogP contribution in [-0.4, -0.2) is 0 Å². The van der Waals surface area contributed by atoms with Crippen LogP contribution in [0.1, 0.15) is 11.1 Å². The number of nitrogen functional groups attached to an aromatic ring is 1. The maximum atomic E-state index is 5.73. The molecule has 0 aliphatic rings. The summed E-state index contributed by atoms with van der Waals surface area (Å²) in [6, 6.07) is 13.7. The van der Waals surface area contributed by atoms with Gasteiger partial charge >= 0.3 is 0 Å². The SMILES string of the molecule is Cc1ccc(OCc2cccc(N)c2)c(Br)c1. The van der Waals surface area contributed by atoms with Crippen molar-refractivity contribution in [3.05, 3.63) is 58.1 Å². The molecule has 0 unspecified atom stereocenters. The largest absolute Gasteiger partial charge is 0.488 e. The van der Waals surface area contributed by atoms with Gasteiger partial charge in [-0.1, -0.05) is 18.2 Å². The molecule has 0 saturated heterocycles. The normalized spacial score (nSPS) is 10.2. The highest BCUT2D eigenvalue weighted by molar-refractivity contribution is 9.10. The highest BCUT2D eigenvalue weighted by atomic mass is 79.9. The molecule has 0 saturated carbocycles. The molecule has 0 aliphatic heterocycles. The lowest BCUT2D eigenvalue weighted by Crippen LogP contribution is -1.97. The Balaban J connectivity index is 2.07. The van der Waals surface area contributed by atoms with Crippen LogP contribution >= 0.6 is 15.9 Å². The minimum absolute atomic E-state index is 0.521. The summed E-state index contributed by atoms with van der Waals surface area (Å²) < 4.78 is 6.70. The Bertz CT molecular complexity index is 525. The first-order chi connectivity index (χ1) is 8.15. The van der Waals surface area contributed by atoms with E-state index in [1.807, 2.05) is 49.4 Å². The van der Waals surface area contributed by atoms with E-state index >= 15 is 0 Å². The first-order valence-corrected chi connectivity index (χ1v) is 6.18. The molecule has 0 heterocycles. The third-order valence-corrected chi connectivity index (χ3v) is 3.05. The van der Waals surface area contributed by atoms with Gasteiger partial charge < -0.3 is 10.5 Å².